The van der Waals surface area contributed by atoms with Gasteiger partial charge in [-0.05, 0) is 0 Å². The van der Waals surface area contributed by atoms with Crippen molar-refractivity contribution in [3.8, 4) is 0 Å². The molecule has 0 saturated carbocycles. The molecule has 0 rings (SSSR count). The van der Waals surface area contributed by atoms with Crippen molar-refractivity contribution in [1.82, 2.24) is 12.3 Å². The van der Waals surface area contributed by atoms with Gasteiger partial charge in [-0.2, -0.15) is 61.5 Å². The van der Waals surface area contributed by atoms with Crippen LogP contribution in [0, 0.1) is 0 Å². The molecule has 26 heavy (non-hydrogen) atoms. The second-order valence-corrected chi connectivity index (χ2v) is 4.14. The predicted octanol–water partition coefficient (Wildman–Crippen LogP) is 4.34. The molecule has 0 bridgehead atoms. The fourth-order valence-electron chi connectivity index (χ4n) is 0.750. The number of alkyl halides is 14. The fourth-order valence-corrected chi connectivity index (χ4v) is 0.750. The van der Waals surface area contributed by atoms with Crippen molar-refractivity contribution in [1.29, 1.82) is 0 Å². The Balaban J connectivity index is -0.000000363. The van der Waals surface area contributed by atoms with E-state index in [9.17, 15) is 61.5 Å². The molecule has 164 valence electrons. The third-order valence-corrected chi connectivity index (χ3v) is 1.90. The summed E-state index contributed by atoms with van der Waals surface area (Å²) in [5, 5.41) is 0. The Hall–Kier alpha value is -0.910. The van der Waals surface area contributed by atoms with E-state index in [1.54, 1.807) is 0 Å². The molecule has 0 unspecified atom stereocenters. The zero-order valence-corrected chi connectivity index (χ0v) is 12.5. The van der Waals surface area contributed by atoms with Gasteiger partial charge >= 0.3 is 44.3 Å². The highest BCUT2D eigenvalue weighted by molar-refractivity contribution is 7.30. The minimum absolute atomic E-state index is 0. The van der Waals surface area contributed by atoms with Crippen molar-refractivity contribution in [2.75, 3.05) is 0 Å². The molecule has 0 heterocycles. The highest BCUT2D eigenvalue weighted by Crippen LogP contribution is 2.60. The predicted molar refractivity (Wildman–Crippen MR) is 55.4 cm³/mol. The molecule has 0 atom stereocenters. The molecule has 0 aliphatic carbocycles. The van der Waals surface area contributed by atoms with Crippen LogP contribution < -0.4 is 12.3 Å². The van der Waals surface area contributed by atoms with Crippen LogP contribution in [0.25, 0.3) is 0 Å². The van der Waals surface area contributed by atoms with Crippen LogP contribution in [0.5, 0.6) is 0 Å². The van der Waals surface area contributed by atoms with Gasteiger partial charge < -0.3 is 22.1 Å². The van der Waals surface area contributed by atoms with E-state index in [2.05, 4.69) is 0 Å². The second kappa shape index (κ2) is 8.85. The van der Waals surface area contributed by atoms with Crippen molar-refractivity contribution in [3.05, 3.63) is 0 Å². The zero-order valence-electron chi connectivity index (χ0n) is 11.5. The molecule has 0 radical (unpaired) electrons. The first-order chi connectivity index (χ1) is 9.98. The SMILES string of the molecule is FC(F)(F)C(F)(F)C(F)(F)C(F)(F)C(F)(F)C(F)(F)F.N.N.O=[PH](O)O. The summed E-state index contributed by atoms with van der Waals surface area (Å²) in [5.74, 6) is -31.7. The molecular formula is C6H9F14N2O3P. The van der Waals surface area contributed by atoms with Crippen LogP contribution in [0.15, 0.2) is 0 Å². The lowest BCUT2D eigenvalue weighted by atomic mass is 9.98. The Bertz CT molecular complexity index is 421. The monoisotopic (exact) mass is 454 g/mol. The highest BCUT2D eigenvalue weighted by atomic mass is 31.1. The first kappa shape index (κ1) is 32.7. The Labute approximate surface area is 134 Å². The lowest BCUT2D eigenvalue weighted by Gasteiger charge is -2.37. The van der Waals surface area contributed by atoms with Gasteiger partial charge in [0, 0.05) is 0 Å². The van der Waals surface area contributed by atoms with Crippen LogP contribution >= 0.6 is 8.25 Å². The quantitative estimate of drug-likeness (QED) is 0.373. The maximum absolute atomic E-state index is 12.3. The second-order valence-electron chi connectivity index (χ2n) is 3.58. The van der Waals surface area contributed by atoms with Crippen LogP contribution in [0.2, 0.25) is 0 Å². The van der Waals surface area contributed by atoms with E-state index in [0.717, 1.165) is 0 Å². The summed E-state index contributed by atoms with van der Waals surface area (Å²) in [6.07, 6.45) is -15.0. The van der Waals surface area contributed by atoms with E-state index in [1.165, 1.54) is 0 Å². The maximum Gasteiger partial charge on any atom is 0.460 e. The summed E-state index contributed by atoms with van der Waals surface area (Å²) in [6, 6.07) is 0. The number of hydrogen-bond donors (Lipinski definition) is 4. The Morgan fingerprint density at radius 2 is 0.577 bits per heavy atom. The summed E-state index contributed by atoms with van der Waals surface area (Å²) in [7, 11) is -3.13. The molecule has 0 aromatic rings. The Morgan fingerprint density at radius 1 is 0.462 bits per heavy atom. The third kappa shape index (κ3) is 5.80. The van der Waals surface area contributed by atoms with Crippen LogP contribution in [0.3, 0.4) is 0 Å². The van der Waals surface area contributed by atoms with E-state index >= 15 is 0 Å². The van der Waals surface area contributed by atoms with Gasteiger partial charge in [0.15, 0.2) is 0 Å². The van der Waals surface area contributed by atoms with E-state index in [1.807, 2.05) is 0 Å². The van der Waals surface area contributed by atoms with Crippen molar-refractivity contribution in [3.63, 3.8) is 0 Å². The van der Waals surface area contributed by atoms with Gasteiger partial charge in [-0.25, -0.2) is 0 Å². The Morgan fingerprint density at radius 3 is 0.654 bits per heavy atom. The lowest BCUT2D eigenvalue weighted by Crippen LogP contribution is -2.69. The molecule has 0 spiro atoms. The van der Waals surface area contributed by atoms with Crippen molar-refractivity contribution < 1.29 is 75.8 Å². The van der Waals surface area contributed by atoms with E-state index < -0.39 is 44.3 Å². The standard InChI is InChI=1S/C6F14.2H3N.H3O3P/c7-1(8,3(11,12)5(15,16)17)2(9,10)4(13,14)6(18,19)20;;;1-4(2)3/h;2*1H3;4H,(H2,1,2,3). The summed E-state index contributed by atoms with van der Waals surface area (Å²) >= 11 is 0. The average Bonchev–Trinajstić information content (AvgIpc) is 2.23. The van der Waals surface area contributed by atoms with Crippen LogP contribution in [0.1, 0.15) is 0 Å². The van der Waals surface area contributed by atoms with Crippen LogP contribution in [0.4, 0.5) is 61.5 Å². The molecule has 5 nitrogen and oxygen atoms in total. The molecule has 0 aliphatic heterocycles. The minimum Gasteiger partial charge on any atom is -0.344 e. The van der Waals surface area contributed by atoms with Gasteiger partial charge in [0.05, 0.1) is 0 Å². The van der Waals surface area contributed by atoms with Gasteiger partial charge in [-0.1, -0.05) is 0 Å². The number of hydrogen-bond acceptors (Lipinski definition) is 3. The number of rotatable bonds is 3. The molecule has 0 aliphatic rings. The van der Waals surface area contributed by atoms with Crippen LogP contribution in [-0.2, 0) is 4.57 Å². The first-order valence-corrected chi connectivity index (χ1v) is 5.85. The maximum atomic E-state index is 12.3. The van der Waals surface area contributed by atoms with Crippen molar-refractivity contribution in [2.24, 2.45) is 0 Å². The molecule has 0 amide bonds. The van der Waals surface area contributed by atoms with Gasteiger partial charge in [-0.15, -0.1) is 0 Å². The highest BCUT2D eigenvalue weighted by Gasteiger charge is 2.91. The molecule has 20 heteroatoms. The van der Waals surface area contributed by atoms with Crippen molar-refractivity contribution in [2.45, 2.75) is 36.0 Å². The van der Waals surface area contributed by atoms with E-state index in [-0.39, 0.29) is 12.3 Å². The average molecular weight is 454 g/mol. The van der Waals surface area contributed by atoms with Crippen molar-refractivity contribution >= 4 is 8.25 Å². The summed E-state index contributed by atoms with van der Waals surface area (Å²) in [4.78, 5) is 14.3. The molecule has 0 aromatic carbocycles. The van der Waals surface area contributed by atoms with Gasteiger partial charge in [0.2, 0.25) is 0 Å². The zero-order chi connectivity index (χ0) is 20.6. The molecule has 8 N–H and O–H groups in total. The topological polar surface area (TPSA) is 128 Å². The minimum atomic E-state index is -8.04. The molecule has 0 fully saturated rings. The first-order valence-electron chi connectivity index (χ1n) is 4.55. The van der Waals surface area contributed by atoms with Gasteiger partial charge in [0.1, 0.15) is 0 Å². The Kier molecular flexibility index (Phi) is 11.1. The van der Waals surface area contributed by atoms with Gasteiger partial charge in [0.25, 0.3) is 0 Å². The summed E-state index contributed by atoms with van der Waals surface area (Å²) in [5.41, 5.74) is 0. The molecular weight excluding hydrogens is 445 g/mol. The largest absolute Gasteiger partial charge is 0.460 e. The molecule has 0 saturated heterocycles. The normalized spacial score (nSPS) is 14.0. The number of halogens is 14. The summed E-state index contributed by atoms with van der Waals surface area (Å²) in [6.45, 7) is 0. The fraction of sp³-hybridized carbons (Fsp3) is 1.00. The third-order valence-electron chi connectivity index (χ3n) is 1.90. The van der Waals surface area contributed by atoms with E-state index in [0.29, 0.717) is 0 Å². The van der Waals surface area contributed by atoms with Gasteiger partial charge in [-0.3, -0.25) is 4.57 Å². The van der Waals surface area contributed by atoms with E-state index in [4.69, 9.17) is 14.4 Å². The van der Waals surface area contributed by atoms with Crippen LogP contribution in [-0.4, -0.2) is 45.8 Å². The smallest absolute Gasteiger partial charge is 0.344 e. The lowest BCUT2D eigenvalue weighted by molar-refractivity contribution is -0.451. The molecule has 0 aromatic heterocycles. The summed E-state index contributed by atoms with van der Waals surface area (Å²) < 4.78 is 175.